The van der Waals surface area contributed by atoms with Crippen molar-refractivity contribution in [2.24, 2.45) is 0 Å². The first-order valence-corrected chi connectivity index (χ1v) is 8.22. The normalized spacial score (nSPS) is 19.8. The summed E-state index contributed by atoms with van der Waals surface area (Å²) in [4.78, 5) is 29.8. The molecule has 0 saturated carbocycles. The van der Waals surface area contributed by atoms with E-state index in [0.29, 0.717) is 12.0 Å². The predicted octanol–water partition coefficient (Wildman–Crippen LogP) is 0.174. The lowest BCUT2D eigenvalue weighted by Crippen LogP contribution is -3.14. The highest BCUT2D eigenvalue weighted by Crippen LogP contribution is 2.22. The topological polar surface area (TPSA) is 45.1 Å². The number of benzene rings is 1. The summed E-state index contributed by atoms with van der Waals surface area (Å²) < 4.78 is 0. The number of amides is 2. The highest BCUT2D eigenvalue weighted by molar-refractivity contribution is 5.99. The van der Waals surface area contributed by atoms with Crippen LogP contribution in [0.1, 0.15) is 30.1 Å². The summed E-state index contributed by atoms with van der Waals surface area (Å²) in [6.07, 6.45) is 1.51. The van der Waals surface area contributed by atoms with Crippen LogP contribution in [-0.4, -0.2) is 56.0 Å². The van der Waals surface area contributed by atoms with E-state index in [-0.39, 0.29) is 11.8 Å². The maximum absolute atomic E-state index is 12.7. The van der Waals surface area contributed by atoms with Gasteiger partial charge < -0.3 is 14.7 Å². The molecule has 0 radical (unpaired) electrons. The zero-order valence-electron chi connectivity index (χ0n) is 13.2. The van der Waals surface area contributed by atoms with Crippen molar-refractivity contribution in [1.29, 1.82) is 0 Å². The van der Waals surface area contributed by atoms with Gasteiger partial charge >= 0.3 is 0 Å². The Labute approximate surface area is 131 Å². The number of quaternary nitrogens is 1. The molecule has 2 saturated heterocycles. The van der Waals surface area contributed by atoms with Gasteiger partial charge in [0.05, 0.1) is 32.7 Å². The predicted molar refractivity (Wildman–Crippen MR) is 85.2 cm³/mol. The van der Waals surface area contributed by atoms with Gasteiger partial charge in [0.25, 0.3) is 5.91 Å². The minimum absolute atomic E-state index is 0.0867. The van der Waals surface area contributed by atoms with E-state index in [1.54, 1.807) is 9.80 Å². The van der Waals surface area contributed by atoms with Gasteiger partial charge in [0.1, 0.15) is 0 Å². The minimum atomic E-state index is 0.0867. The molecule has 2 aliphatic rings. The summed E-state index contributed by atoms with van der Waals surface area (Å²) in [5.74, 6) is 0.244. The highest BCUT2D eigenvalue weighted by Gasteiger charge is 2.25. The average Bonchev–Trinajstić information content (AvgIpc) is 3.00. The average molecular weight is 302 g/mol. The number of nitrogens with one attached hydrogen (secondary N) is 1. The van der Waals surface area contributed by atoms with E-state index in [4.69, 9.17) is 0 Å². The van der Waals surface area contributed by atoms with Crippen LogP contribution < -0.4 is 9.80 Å². The van der Waals surface area contributed by atoms with Gasteiger partial charge in [0.15, 0.2) is 0 Å². The fraction of sp³-hybridized carbons (Fsp3) is 0.529. The van der Waals surface area contributed by atoms with E-state index in [0.717, 1.165) is 51.4 Å². The van der Waals surface area contributed by atoms with Gasteiger partial charge in [-0.15, -0.1) is 0 Å². The molecule has 2 aliphatic heterocycles. The monoisotopic (exact) mass is 302 g/mol. The Morgan fingerprint density at radius 2 is 2.00 bits per heavy atom. The standard InChI is InChI=1S/C17H23N3O2/c1-2-18-9-11-19(12-10-18)17(22)14-5-3-6-15(13-14)20-8-4-7-16(20)21/h3,5-6,13H,2,4,7-12H2,1H3/p+1. The number of carbonyl (C=O) groups is 2. The van der Waals surface area contributed by atoms with Crippen LogP contribution in [-0.2, 0) is 4.79 Å². The molecule has 0 aromatic heterocycles. The van der Waals surface area contributed by atoms with Crippen molar-refractivity contribution in [3.63, 3.8) is 0 Å². The number of piperazine rings is 1. The van der Waals surface area contributed by atoms with Crippen LogP contribution in [0.25, 0.3) is 0 Å². The van der Waals surface area contributed by atoms with Crippen molar-refractivity contribution in [2.75, 3.05) is 44.2 Å². The summed E-state index contributed by atoms with van der Waals surface area (Å²) >= 11 is 0. The maximum atomic E-state index is 12.7. The number of hydrogen-bond acceptors (Lipinski definition) is 2. The van der Waals surface area contributed by atoms with Crippen LogP contribution in [0.15, 0.2) is 24.3 Å². The van der Waals surface area contributed by atoms with E-state index in [9.17, 15) is 9.59 Å². The molecule has 1 aromatic carbocycles. The molecule has 1 aromatic rings. The summed E-state index contributed by atoms with van der Waals surface area (Å²) in [5, 5.41) is 0. The number of hydrogen-bond donors (Lipinski definition) is 1. The molecular formula is C17H24N3O2+. The first-order valence-electron chi connectivity index (χ1n) is 8.22. The van der Waals surface area contributed by atoms with Gasteiger partial charge in [-0.25, -0.2) is 0 Å². The van der Waals surface area contributed by atoms with Gasteiger partial charge in [0, 0.05) is 24.2 Å². The largest absolute Gasteiger partial charge is 0.332 e. The van der Waals surface area contributed by atoms with E-state index in [1.807, 2.05) is 29.2 Å². The molecule has 0 aliphatic carbocycles. The fourth-order valence-corrected chi connectivity index (χ4v) is 3.29. The molecule has 0 unspecified atom stereocenters. The van der Waals surface area contributed by atoms with Gasteiger partial charge in [-0.1, -0.05) is 6.07 Å². The lowest BCUT2D eigenvalue weighted by molar-refractivity contribution is -0.902. The fourth-order valence-electron chi connectivity index (χ4n) is 3.29. The quantitative estimate of drug-likeness (QED) is 0.865. The molecule has 118 valence electrons. The Morgan fingerprint density at radius 3 is 2.64 bits per heavy atom. The molecule has 2 amide bonds. The molecule has 3 rings (SSSR count). The van der Waals surface area contributed by atoms with Crippen LogP contribution in [0.3, 0.4) is 0 Å². The molecule has 5 nitrogen and oxygen atoms in total. The third-order valence-electron chi connectivity index (χ3n) is 4.74. The van der Waals surface area contributed by atoms with E-state index in [1.165, 1.54) is 0 Å². The third kappa shape index (κ3) is 2.99. The number of likely N-dealkylation sites (N-methyl/N-ethyl adjacent to an activating group) is 1. The molecule has 2 heterocycles. The lowest BCUT2D eigenvalue weighted by Gasteiger charge is -2.31. The molecule has 1 N–H and O–H groups in total. The van der Waals surface area contributed by atoms with Crippen molar-refractivity contribution in [1.82, 2.24) is 4.90 Å². The Kier molecular flexibility index (Phi) is 4.43. The first kappa shape index (κ1) is 15.0. The number of rotatable bonds is 3. The van der Waals surface area contributed by atoms with Crippen LogP contribution in [0.5, 0.6) is 0 Å². The van der Waals surface area contributed by atoms with Crippen molar-refractivity contribution in [3.8, 4) is 0 Å². The van der Waals surface area contributed by atoms with Crippen molar-refractivity contribution < 1.29 is 14.5 Å². The maximum Gasteiger partial charge on any atom is 0.254 e. The van der Waals surface area contributed by atoms with Gasteiger partial charge in [-0.2, -0.15) is 0 Å². The zero-order chi connectivity index (χ0) is 15.5. The Balaban J connectivity index is 1.72. The molecular weight excluding hydrogens is 278 g/mol. The van der Waals surface area contributed by atoms with Crippen molar-refractivity contribution in [3.05, 3.63) is 29.8 Å². The number of nitrogens with zero attached hydrogens (tertiary/aromatic N) is 2. The second-order valence-corrected chi connectivity index (χ2v) is 6.10. The van der Waals surface area contributed by atoms with Crippen LogP contribution in [0, 0.1) is 0 Å². The Hall–Kier alpha value is -1.88. The third-order valence-corrected chi connectivity index (χ3v) is 4.74. The van der Waals surface area contributed by atoms with E-state index in [2.05, 4.69) is 6.92 Å². The molecule has 2 fully saturated rings. The first-order chi connectivity index (χ1) is 10.7. The molecule has 0 bridgehead atoms. The van der Waals surface area contributed by atoms with E-state index < -0.39 is 0 Å². The van der Waals surface area contributed by atoms with E-state index >= 15 is 0 Å². The Bertz CT molecular complexity index is 565. The number of carbonyl (C=O) groups excluding carboxylic acids is 2. The van der Waals surface area contributed by atoms with Crippen LogP contribution >= 0.6 is 0 Å². The van der Waals surface area contributed by atoms with Crippen molar-refractivity contribution >= 4 is 17.5 Å². The summed E-state index contributed by atoms with van der Waals surface area (Å²) in [5.41, 5.74) is 1.54. The smallest absolute Gasteiger partial charge is 0.254 e. The van der Waals surface area contributed by atoms with Gasteiger partial charge in [-0.3, -0.25) is 9.59 Å². The van der Waals surface area contributed by atoms with Gasteiger partial charge in [0.2, 0.25) is 5.91 Å². The Morgan fingerprint density at radius 1 is 1.23 bits per heavy atom. The van der Waals surface area contributed by atoms with Crippen molar-refractivity contribution in [2.45, 2.75) is 19.8 Å². The second-order valence-electron chi connectivity index (χ2n) is 6.10. The zero-order valence-corrected chi connectivity index (χ0v) is 13.2. The lowest BCUT2D eigenvalue weighted by atomic mass is 10.1. The summed E-state index contributed by atoms with van der Waals surface area (Å²) in [6.45, 7) is 7.73. The molecule has 0 spiro atoms. The minimum Gasteiger partial charge on any atom is -0.332 e. The molecule has 22 heavy (non-hydrogen) atoms. The molecule has 0 atom stereocenters. The summed E-state index contributed by atoms with van der Waals surface area (Å²) in [7, 11) is 0. The summed E-state index contributed by atoms with van der Waals surface area (Å²) in [6, 6.07) is 7.51. The van der Waals surface area contributed by atoms with Crippen LogP contribution in [0.4, 0.5) is 5.69 Å². The van der Waals surface area contributed by atoms with Crippen LogP contribution in [0.2, 0.25) is 0 Å². The SMILES string of the molecule is CC[NH+]1CCN(C(=O)c2cccc(N3CCCC3=O)c2)CC1. The van der Waals surface area contributed by atoms with Gasteiger partial charge in [-0.05, 0) is 31.5 Å². The molecule has 5 heteroatoms. The second kappa shape index (κ2) is 6.48. The number of anilines is 1. The highest BCUT2D eigenvalue weighted by atomic mass is 16.2.